The molecule has 2 N–H and O–H groups in total. The lowest BCUT2D eigenvalue weighted by molar-refractivity contribution is -0.137. The summed E-state index contributed by atoms with van der Waals surface area (Å²) in [6, 6.07) is 7.78. The minimum absolute atomic E-state index is 0.0701. The van der Waals surface area contributed by atoms with E-state index in [9.17, 15) is 9.59 Å². The van der Waals surface area contributed by atoms with Gasteiger partial charge in [0, 0.05) is 13.0 Å². The van der Waals surface area contributed by atoms with E-state index in [1.54, 1.807) is 0 Å². The highest BCUT2D eigenvalue weighted by Crippen LogP contribution is 2.03. The molecule has 0 fully saturated rings. The Morgan fingerprint density at radius 1 is 1.24 bits per heavy atom. The maximum absolute atomic E-state index is 11.5. The molecule has 0 aromatic heterocycles. The fourth-order valence-corrected chi connectivity index (χ4v) is 1.42. The van der Waals surface area contributed by atoms with Gasteiger partial charge in [-0.05, 0) is 18.9 Å². The van der Waals surface area contributed by atoms with E-state index in [4.69, 9.17) is 5.11 Å². The second kappa shape index (κ2) is 6.68. The molecule has 0 spiro atoms. The predicted octanol–water partition coefficient (Wildman–Crippen LogP) is 1.52. The van der Waals surface area contributed by atoms with Crippen molar-refractivity contribution in [3.05, 3.63) is 35.4 Å². The third kappa shape index (κ3) is 5.70. The monoisotopic (exact) mass is 235 g/mol. The summed E-state index contributed by atoms with van der Waals surface area (Å²) < 4.78 is 0. The topological polar surface area (TPSA) is 66.4 Å². The number of aryl methyl sites for hydroxylation is 1. The Kier molecular flexibility index (Phi) is 5.20. The first kappa shape index (κ1) is 13.2. The van der Waals surface area contributed by atoms with Crippen LogP contribution < -0.4 is 5.32 Å². The molecular weight excluding hydrogens is 218 g/mol. The van der Waals surface area contributed by atoms with Crippen LogP contribution >= 0.6 is 0 Å². The zero-order valence-corrected chi connectivity index (χ0v) is 9.90. The molecule has 0 heterocycles. The van der Waals surface area contributed by atoms with Crippen LogP contribution in [0.15, 0.2) is 24.3 Å². The standard InChI is InChI=1S/C13H17NO3/c1-10-4-6-11(7-5-10)9-12(15)14-8-2-3-13(16)17/h4-7H,2-3,8-9H2,1H3,(H,14,15)(H,16,17). The lowest BCUT2D eigenvalue weighted by atomic mass is 10.1. The summed E-state index contributed by atoms with van der Waals surface area (Å²) in [6.45, 7) is 2.41. The maximum Gasteiger partial charge on any atom is 0.303 e. The summed E-state index contributed by atoms with van der Waals surface area (Å²) in [7, 11) is 0. The molecule has 0 atom stereocenters. The van der Waals surface area contributed by atoms with Gasteiger partial charge >= 0.3 is 5.97 Å². The molecule has 1 rings (SSSR count). The molecule has 4 nitrogen and oxygen atoms in total. The van der Waals surface area contributed by atoms with Crippen LogP contribution in [0.25, 0.3) is 0 Å². The van der Waals surface area contributed by atoms with Crippen molar-refractivity contribution < 1.29 is 14.7 Å². The van der Waals surface area contributed by atoms with E-state index in [1.807, 2.05) is 31.2 Å². The summed E-state index contributed by atoms with van der Waals surface area (Å²) in [4.78, 5) is 21.7. The molecule has 0 saturated heterocycles. The molecule has 1 amide bonds. The first-order valence-electron chi connectivity index (χ1n) is 5.62. The zero-order valence-electron chi connectivity index (χ0n) is 9.90. The smallest absolute Gasteiger partial charge is 0.303 e. The largest absolute Gasteiger partial charge is 0.481 e. The average Bonchev–Trinajstić information content (AvgIpc) is 2.27. The second-order valence-electron chi connectivity index (χ2n) is 4.01. The van der Waals surface area contributed by atoms with E-state index in [2.05, 4.69) is 5.32 Å². The number of hydrogen-bond donors (Lipinski definition) is 2. The first-order chi connectivity index (χ1) is 8.08. The molecular formula is C13H17NO3. The lowest BCUT2D eigenvalue weighted by Crippen LogP contribution is -2.26. The second-order valence-corrected chi connectivity index (χ2v) is 4.01. The van der Waals surface area contributed by atoms with Gasteiger partial charge in [0.25, 0.3) is 0 Å². The normalized spacial score (nSPS) is 9.94. The molecule has 4 heteroatoms. The van der Waals surface area contributed by atoms with E-state index in [-0.39, 0.29) is 12.3 Å². The van der Waals surface area contributed by atoms with Crippen LogP contribution in [0.1, 0.15) is 24.0 Å². The molecule has 0 bridgehead atoms. The van der Waals surface area contributed by atoms with E-state index < -0.39 is 5.97 Å². The Hall–Kier alpha value is -1.84. The fraction of sp³-hybridized carbons (Fsp3) is 0.385. The van der Waals surface area contributed by atoms with E-state index in [1.165, 1.54) is 0 Å². The van der Waals surface area contributed by atoms with Crippen molar-refractivity contribution in [2.75, 3.05) is 6.54 Å². The van der Waals surface area contributed by atoms with Gasteiger partial charge in [0.2, 0.25) is 5.91 Å². The van der Waals surface area contributed by atoms with Gasteiger partial charge in [-0.1, -0.05) is 29.8 Å². The Morgan fingerprint density at radius 3 is 2.47 bits per heavy atom. The SMILES string of the molecule is Cc1ccc(CC(=O)NCCCC(=O)O)cc1. The number of nitrogens with one attached hydrogen (secondary N) is 1. The molecule has 1 aromatic carbocycles. The highest BCUT2D eigenvalue weighted by Gasteiger charge is 2.03. The van der Waals surface area contributed by atoms with Gasteiger partial charge in [-0.2, -0.15) is 0 Å². The van der Waals surface area contributed by atoms with Gasteiger partial charge < -0.3 is 10.4 Å². The Labute approximate surface area is 101 Å². The van der Waals surface area contributed by atoms with Crippen LogP contribution in [0.2, 0.25) is 0 Å². The molecule has 1 aromatic rings. The minimum Gasteiger partial charge on any atom is -0.481 e. The van der Waals surface area contributed by atoms with Crippen LogP contribution in [0.5, 0.6) is 0 Å². The quantitative estimate of drug-likeness (QED) is 0.735. The molecule has 0 aliphatic carbocycles. The molecule has 0 unspecified atom stereocenters. The molecule has 92 valence electrons. The third-order valence-corrected chi connectivity index (χ3v) is 2.37. The fourth-order valence-electron chi connectivity index (χ4n) is 1.42. The highest BCUT2D eigenvalue weighted by molar-refractivity contribution is 5.78. The van der Waals surface area contributed by atoms with E-state index in [0.717, 1.165) is 11.1 Å². The molecule has 0 aliphatic heterocycles. The van der Waals surface area contributed by atoms with Crippen LogP contribution in [0, 0.1) is 6.92 Å². The number of aliphatic carboxylic acids is 1. The maximum atomic E-state index is 11.5. The van der Waals surface area contributed by atoms with Crippen molar-refractivity contribution in [2.45, 2.75) is 26.2 Å². The number of rotatable bonds is 6. The summed E-state index contributed by atoms with van der Waals surface area (Å²) >= 11 is 0. The molecule has 0 aliphatic rings. The van der Waals surface area contributed by atoms with Crippen LogP contribution in [-0.2, 0) is 16.0 Å². The van der Waals surface area contributed by atoms with Crippen molar-refractivity contribution in [3.63, 3.8) is 0 Å². The summed E-state index contributed by atoms with van der Waals surface area (Å²) in [5.41, 5.74) is 2.13. The first-order valence-corrected chi connectivity index (χ1v) is 5.62. The number of hydrogen-bond acceptors (Lipinski definition) is 2. The summed E-state index contributed by atoms with van der Waals surface area (Å²) in [6.07, 6.45) is 0.896. The van der Waals surface area contributed by atoms with Gasteiger partial charge in [-0.3, -0.25) is 9.59 Å². The predicted molar refractivity (Wildman–Crippen MR) is 64.8 cm³/mol. The van der Waals surface area contributed by atoms with Crippen molar-refractivity contribution in [2.24, 2.45) is 0 Å². The van der Waals surface area contributed by atoms with Gasteiger partial charge in [0.1, 0.15) is 0 Å². The molecule has 17 heavy (non-hydrogen) atoms. The van der Waals surface area contributed by atoms with Gasteiger partial charge in [-0.15, -0.1) is 0 Å². The molecule has 0 saturated carbocycles. The van der Waals surface area contributed by atoms with Crippen molar-refractivity contribution in [3.8, 4) is 0 Å². The number of carbonyl (C=O) groups is 2. The number of carboxylic acid groups (broad SMARTS) is 1. The Morgan fingerprint density at radius 2 is 1.88 bits per heavy atom. The van der Waals surface area contributed by atoms with Crippen molar-refractivity contribution in [1.82, 2.24) is 5.32 Å². The van der Waals surface area contributed by atoms with Gasteiger partial charge in [-0.25, -0.2) is 0 Å². The van der Waals surface area contributed by atoms with Crippen molar-refractivity contribution >= 4 is 11.9 Å². The van der Waals surface area contributed by atoms with E-state index >= 15 is 0 Å². The zero-order chi connectivity index (χ0) is 12.7. The van der Waals surface area contributed by atoms with Crippen LogP contribution in [0.4, 0.5) is 0 Å². The number of amides is 1. The number of carbonyl (C=O) groups excluding carboxylic acids is 1. The third-order valence-electron chi connectivity index (χ3n) is 2.37. The Bertz CT molecular complexity index is 384. The summed E-state index contributed by atoms with van der Waals surface area (Å²) in [5, 5.41) is 11.1. The summed E-state index contributed by atoms with van der Waals surface area (Å²) in [5.74, 6) is -0.906. The minimum atomic E-state index is -0.835. The Balaban J connectivity index is 2.25. The van der Waals surface area contributed by atoms with Crippen molar-refractivity contribution in [1.29, 1.82) is 0 Å². The highest BCUT2D eigenvalue weighted by atomic mass is 16.4. The average molecular weight is 235 g/mol. The lowest BCUT2D eigenvalue weighted by Gasteiger charge is -2.04. The van der Waals surface area contributed by atoms with E-state index in [0.29, 0.717) is 19.4 Å². The number of carboxylic acids is 1. The van der Waals surface area contributed by atoms with Crippen LogP contribution in [0.3, 0.4) is 0 Å². The van der Waals surface area contributed by atoms with Gasteiger partial charge in [0.15, 0.2) is 0 Å². The van der Waals surface area contributed by atoms with Crippen LogP contribution in [-0.4, -0.2) is 23.5 Å². The van der Waals surface area contributed by atoms with Gasteiger partial charge in [0.05, 0.1) is 6.42 Å². The number of benzene rings is 1. The molecule has 0 radical (unpaired) electrons.